The molecule has 0 unspecified atom stereocenters. The normalized spacial score (nSPS) is 11.2. The van der Waals surface area contributed by atoms with Crippen molar-refractivity contribution in [3.63, 3.8) is 0 Å². The van der Waals surface area contributed by atoms with E-state index in [2.05, 4.69) is 24.1 Å². The van der Waals surface area contributed by atoms with Gasteiger partial charge in [0, 0.05) is 32.4 Å². The van der Waals surface area contributed by atoms with E-state index in [9.17, 15) is 9.59 Å². The summed E-state index contributed by atoms with van der Waals surface area (Å²) in [6, 6.07) is 0. The van der Waals surface area contributed by atoms with E-state index in [4.69, 9.17) is 0 Å². The largest absolute Gasteiger partial charge is 0.330 e. The summed E-state index contributed by atoms with van der Waals surface area (Å²) in [6.45, 7) is 8.87. The Hall–Kier alpha value is -1.40. The maximum Gasteiger partial charge on any atom is 0.330 e. The Kier molecular flexibility index (Phi) is 6.67. The quantitative estimate of drug-likeness (QED) is 0.677. The highest BCUT2D eigenvalue weighted by atomic mass is 16.2. The molecule has 6 nitrogen and oxygen atoms in total. The molecular weight excluding hydrogens is 256 g/mol. The van der Waals surface area contributed by atoms with E-state index >= 15 is 0 Å². The van der Waals surface area contributed by atoms with E-state index < -0.39 is 0 Å². The van der Waals surface area contributed by atoms with Crippen LogP contribution in [0.15, 0.2) is 15.8 Å². The molecule has 0 amide bonds. The van der Waals surface area contributed by atoms with Crippen molar-refractivity contribution in [3.8, 4) is 0 Å². The number of rotatable bonds is 8. The summed E-state index contributed by atoms with van der Waals surface area (Å²) in [5, 5.41) is 3.26. The van der Waals surface area contributed by atoms with Crippen LogP contribution in [0.1, 0.15) is 25.8 Å². The first kappa shape index (κ1) is 16.7. The summed E-state index contributed by atoms with van der Waals surface area (Å²) in [5.74, 6) is 0. The second-order valence-corrected chi connectivity index (χ2v) is 4.97. The van der Waals surface area contributed by atoms with E-state index in [0.29, 0.717) is 12.1 Å². The highest BCUT2D eigenvalue weighted by Crippen LogP contribution is 1.91. The van der Waals surface area contributed by atoms with E-state index in [0.717, 1.165) is 37.2 Å². The molecule has 1 rings (SSSR count). The summed E-state index contributed by atoms with van der Waals surface area (Å²) in [4.78, 5) is 25.8. The van der Waals surface area contributed by atoms with Crippen molar-refractivity contribution in [1.29, 1.82) is 0 Å². The third-order valence-corrected chi connectivity index (χ3v) is 3.56. The van der Waals surface area contributed by atoms with E-state index in [1.807, 2.05) is 0 Å². The van der Waals surface area contributed by atoms with E-state index in [1.165, 1.54) is 11.6 Å². The van der Waals surface area contributed by atoms with Crippen molar-refractivity contribution in [2.24, 2.45) is 14.1 Å². The second-order valence-electron chi connectivity index (χ2n) is 4.97. The summed E-state index contributed by atoms with van der Waals surface area (Å²) in [6.07, 6.45) is 2.66. The van der Waals surface area contributed by atoms with Crippen molar-refractivity contribution in [2.75, 3.05) is 26.2 Å². The molecule has 6 heteroatoms. The number of aryl methyl sites for hydroxylation is 1. The van der Waals surface area contributed by atoms with Gasteiger partial charge in [-0.2, -0.15) is 0 Å². The predicted octanol–water partition coefficient (Wildman–Crippen LogP) is -0.0945. The van der Waals surface area contributed by atoms with Crippen molar-refractivity contribution >= 4 is 0 Å². The highest BCUT2D eigenvalue weighted by molar-refractivity contribution is 5.05. The zero-order chi connectivity index (χ0) is 15.1. The van der Waals surface area contributed by atoms with Crippen LogP contribution in [-0.2, 0) is 20.6 Å². The zero-order valence-corrected chi connectivity index (χ0v) is 13.0. The molecule has 0 radical (unpaired) electrons. The molecule has 0 saturated carbocycles. The fraction of sp³-hybridized carbons (Fsp3) is 0.714. The molecule has 1 N–H and O–H groups in total. The van der Waals surface area contributed by atoms with Gasteiger partial charge in [0.05, 0.1) is 0 Å². The molecule has 0 aliphatic carbocycles. The molecule has 0 atom stereocenters. The minimum Gasteiger partial charge on any atom is -0.312 e. The fourth-order valence-electron chi connectivity index (χ4n) is 2.19. The summed E-state index contributed by atoms with van der Waals surface area (Å²) < 4.78 is 2.58. The van der Waals surface area contributed by atoms with Gasteiger partial charge in [-0.05, 0) is 32.6 Å². The van der Waals surface area contributed by atoms with Crippen molar-refractivity contribution in [1.82, 2.24) is 19.4 Å². The zero-order valence-electron chi connectivity index (χ0n) is 13.0. The van der Waals surface area contributed by atoms with Gasteiger partial charge in [0.2, 0.25) is 0 Å². The number of hydrogen-bond acceptors (Lipinski definition) is 4. The average Bonchev–Trinajstić information content (AvgIpc) is 2.45. The molecule has 1 heterocycles. The SMILES string of the molecule is CCN(CC)CCCNCc1cn(C)c(=O)n(C)c1=O. The van der Waals surface area contributed by atoms with Gasteiger partial charge < -0.3 is 14.8 Å². The van der Waals surface area contributed by atoms with Crippen LogP contribution in [0.25, 0.3) is 0 Å². The predicted molar refractivity (Wildman–Crippen MR) is 81.0 cm³/mol. The van der Waals surface area contributed by atoms with Gasteiger partial charge in [-0.25, -0.2) is 4.79 Å². The van der Waals surface area contributed by atoms with Crippen LogP contribution >= 0.6 is 0 Å². The smallest absolute Gasteiger partial charge is 0.312 e. The minimum absolute atomic E-state index is 0.218. The lowest BCUT2D eigenvalue weighted by atomic mass is 10.3. The Labute approximate surface area is 120 Å². The number of aromatic nitrogens is 2. The molecule has 0 spiro atoms. The minimum atomic E-state index is -0.291. The van der Waals surface area contributed by atoms with Crippen molar-refractivity contribution in [3.05, 3.63) is 32.6 Å². The second kappa shape index (κ2) is 8.01. The number of hydrogen-bond donors (Lipinski definition) is 1. The van der Waals surface area contributed by atoms with Gasteiger partial charge in [0.15, 0.2) is 0 Å². The molecule has 0 aliphatic rings. The Bertz CT molecular complexity index is 529. The molecule has 0 saturated heterocycles. The topological polar surface area (TPSA) is 59.3 Å². The number of nitrogens with one attached hydrogen (secondary N) is 1. The molecule has 1 aromatic rings. The molecule has 0 bridgehead atoms. The van der Waals surface area contributed by atoms with Crippen LogP contribution in [0.2, 0.25) is 0 Å². The average molecular weight is 282 g/mol. The van der Waals surface area contributed by atoms with E-state index in [1.54, 1.807) is 13.2 Å². The third-order valence-electron chi connectivity index (χ3n) is 3.56. The first-order valence-electron chi connectivity index (χ1n) is 7.19. The van der Waals surface area contributed by atoms with Crippen molar-refractivity contribution in [2.45, 2.75) is 26.8 Å². The van der Waals surface area contributed by atoms with Gasteiger partial charge in [0.25, 0.3) is 5.56 Å². The van der Waals surface area contributed by atoms with Crippen LogP contribution in [0, 0.1) is 0 Å². The van der Waals surface area contributed by atoms with Crippen molar-refractivity contribution < 1.29 is 0 Å². The lowest BCUT2D eigenvalue weighted by Crippen LogP contribution is -2.39. The van der Waals surface area contributed by atoms with Gasteiger partial charge >= 0.3 is 5.69 Å². The first-order chi connectivity index (χ1) is 9.51. The Balaban J connectivity index is 2.48. The summed E-state index contributed by atoms with van der Waals surface area (Å²) >= 11 is 0. The maximum absolute atomic E-state index is 11.9. The monoisotopic (exact) mass is 282 g/mol. The lowest BCUT2D eigenvalue weighted by molar-refractivity contribution is 0.298. The summed E-state index contributed by atoms with van der Waals surface area (Å²) in [7, 11) is 3.17. The molecule has 0 fully saturated rings. The van der Waals surface area contributed by atoms with Crippen LogP contribution in [0.4, 0.5) is 0 Å². The van der Waals surface area contributed by atoms with Crippen LogP contribution < -0.4 is 16.6 Å². The standard InChI is InChI=1S/C14H26N4O2/c1-5-18(6-2)9-7-8-15-10-12-11-16(3)14(20)17(4)13(12)19/h11,15H,5-10H2,1-4H3. The molecular formula is C14H26N4O2. The van der Waals surface area contributed by atoms with Gasteiger partial charge in [-0.15, -0.1) is 0 Å². The lowest BCUT2D eigenvalue weighted by Gasteiger charge is -2.17. The third kappa shape index (κ3) is 4.31. The summed E-state index contributed by atoms with van der Waals surface area (Å²) in [5.41, 5.74) is 0.113. The molecule has 114 valence electrons. The maximum atomic E-state index is 11.9. The highest BCUT2D eigenvalue weighted by Gasteiger charge is 2.06. The Morgan fingerprint density at radius 1 is 1.20 bits per heavy atom. The molecule has 0 aromatic carbocycles. The van der Waals surface area contributed by atoms with Crippen LogP contribution in [0.5, 0.6) is 0 Å². The van der Waals surface area contributed by atoms with Crippen LogP contribution in [0.3, 0.4) is 0 Å². The molecule has 0 aliphatic heterocycles. The Morgan fingerprint density at radius 2 is 1.85 bits per heavy atom. The van der Waals surface area contributed by atoms with E-state index in [-0.39, 0.29) is 11.2 Å². The Morgan fingerprint density at radius 3 is 2.45 bits per heavy atom. The van der Waals surface area contributed by atoms with Crippen LogP contribution in [-0.4, -0.2) is 40.2 Å². The van der Waals surface area contributed by atoms with Gasteiger partial charge in [-0.1, -0.05) is 13.8 Å². The van der Waals surface area contributed by atoms with Gasteiger partial charge in [-0.3, -0.25) is 9.36 Å². The molecule has 1 aromatic heterocycles. The fourth-order valence-corrected chi connectivity index (χ4v) is 2.19. The number of nitrogens with zero attached hydrogens (tertiary/aromatic N) is 3. The van der Waals surface area contributed by atoms with Gasteiger partial charge in [0.1, 0.15) is 0 Å². The molecule has 20 heavy (non-hydrogen) atoms. The first-order valence-corrected chi connectivity index (χ1v) is 7.19.